The summed E-state index contributed by atoms with van der Waals surface area (Å²) in [5, 5.41) is 0. The summed E-state index contributed by atoms with van der Waals surface area (Å²) in [5.41, 5.74) is 0.170. The number of halogens is 2. The summed E-state index contributed by atoms with van der Waals surface area (Å²) in [6.07, 6.45) is 3.75. The van der Waals surface area contributed by atoms with Crippen LogP contribution in [-0.2, 0) is 4.79 Å². The average Bonchev–Trinajstić information content (AvgIpc) is 2.09. The van der Waals surface area contributed by atoms with Crippen LogP contribution >= 0.6 is 0 Å². The summed E-state index contributed by atoms with van der Waals surface area (Å²) < 4.78 is 25.1. The summed E-state index contributed by atoms with van der Waals surface area (Å²) in [4.78, 5) is 12.9. The molecule has 1 aromatic rings. The Kier molecular flexibility index (Phi) is 3.25. The smallest absolute Gasteiger partial charge is 0.222 e. The third-order valence-electron chi connectivity index (χ3n) is 1.37. The third-order valence-corrected chi connectivity index (χ3v) is 1.37. The lowest BCUT2D eigenvalue weighted by molar-refractivity contribution is -0.107. The van der Waals surface area contributed by atoms with Crippen LogP contribution in [0.15, 0.2) is 18.2 Å². The van der Waals surface area contributed by atoms with E-state index in [1.165, 1.54) is 18.2 Å². The first-order valence-corrected chi connectivity index (χ1v) is 3.66. The normalized spacial score (nSPS) is 10.6. The number of carbonyl (C=O) groups excluding carboxylic acids is 1. The zero-order valence-electron chi connectivity index (χ0n) is 6.71. The molecule has 0 saturated heterocycles. The van der Waals surface area contributed by atoms with Crippen molar-refractivity contribution in [3.8, 4) is 0 Å². The molecule has 1 heterocycles. The van der Waals surface area contributed by atoms with Crippen LogP contribution in [0, 0.1) is 11.9 Å². The number of carbonyl (C=O) groups is 1. The molecule has 0 unspecified atom stereocenters. The molecule has 0 aliphatic carbocycles. The van der Waals surface area contributed by atoms with Crippen molar-refractivity contribution in [2.45, 2.75) is 6.42 Å². The predicted octanol–water partition coefficient (Wildman–Crippen LogP) is 1.96. The van der Waals surface area contributed by atoms with Crippen molar-refractivity contribution in [1.29, 1.82) is 0 Å². The molecule has 0 N–H and O–H groups in total. The topological polar surface area (TPSA) is 30.0 Å². The Morgan fingerprint density at radius 1 is 1.38 bits per heavy atom. The van der Waals surface area contributed by atoms with Gasteiger partial charge in [0.15, 0.2) is 0 Å². The highest BCUT2D eigenvalue weighted by Gasteiger charge is 2.00. The van der Waals surface area contributed by atoms with E-state index in [0.717, 1.165) is 6.07 Å². The lowest BCUT2D eigenvalue weighted by Crippen LogP contribution is -1.90. The second-order valence-electron chi connectivity index (χ2n) is 2.32. The summed E-state index contributed by atoms with van der Waals surface area (Å²) >= 11 is 0. The fraction of sp³-hybridized carbons (Fsp3) is 0.111. The van der Waals surface area contributed by atoms with Crippen LogP contribution < -0.4 is 0 Å². The van der Waals surface area contributed by atoms with Crippen LogP contribution in [0.2, 0.25) is 0 Å². The molecule has 0 fully saturated rings. The van der Waals surface area contributed by atoms with Crippen molar-refractivity contribution in [2.24, 2.45) is 0 Å². The van der Waals surface area contributed by atoms with Crippen LogP contribution in [0.25, 0.3) is 6.08 Å². The Balaban J connectivity index is 2.83. The van der Waals surface area contributed by atoms with E-state index >= 15 is 0 Å². The lowest BCUT2D eigenvalue weighted by Gasteiger charge is -1.94. The maximum atomic E-state index is 12.8. The Morgan fingerprint density at radius 2 is 2.15 bits per heavy atom. The number of aromatic nitrogens is 1. The molecule has 0 bridgehead atoms. The summed E-state index contributed by atoms with van der Waals surface area (Å²) in [6.45, 7) is 0. The highest BCUT2D eigenvalue weighted by molar-refractivity contribution is 5.57. The Bertz CT molecular complexity index is 336. The van der Waals surface area contributed by atoms with Gasteiger partial charge in [0.05, 0.1) is 0 Å². The van der Waals surface area contributed by atoms with Gasteiger partial charge in [-0.3, -0.25) is 0 Å². The molecule has 0 aromatic carbocycles. The molecular formula is C9H7F2NO. The molecule has 13 heavy (non-hydrogen) atoms. The third kappa shape index (κ3) is 2.74. The van der Waals surface area contributed by atoms with Gasteiger partial charge in [-0.25, -0.2) is 0 Å². The molecular weight excluding hydrogens is 176 g/mol. The first-order valence-electron chi connectivity index (χ1n) is 3.66. The van der Waals surface area contributed by atoms with E-state index in [9.17, 15) is 13.6 Å². The molecule has 1 aromatic heterocycles. The van der Waals surface area contributed by atoms with Crippen molar-refractivity contribution < 1.29 is 13.6 Å². The highest BCUT2D eigenvalue weighted by atomic mass is 19.1. The van der Waals surface area contributed by atoms with E-state index in [-0.39, 0.29) is 12.0 Å². The van der Waals surface area contributed by atoms with Gasteiger partial charge in [-0.2, -0.15) is 13.8 Å². The number of nitrogens with zero attached hydrogens (tertiary/aromatic N) is 1. The SMILES string of the molecule is O=CCC=Cc1ccc(F)nc1F. The number of allylic oxidation sites excluding steroid dienone is 1. The molecule has 0 radical (unpaired) electrons. The van der Waals surface area contributed by atoms with Crippen molar-refractivity contribution in [3.63, 3.8) is 0 Å². The number of hydrogen-bond acceptors (Lipinski definition) is 2. The molecule has 0 aliphatic heterocycles. The number of pyridine rings is 1. The quantitative estimate of drug-likeness (QED) is 0.529. The van der Waals surface area contributed by atoms with Gasteiger partial charge in [-0.1, -0.05) is 12.2 Å². The van der Waals surface area contributed by atoms with E-state index < -0.39 is 11.9 Å². The highest BCUT2D eigenvalue weighted by Crippen LogP contribution is 2.07. The van der Waals surface area contributed by atoms with Gasteiger partial charge in [0, 0.05) is 12.0 Å². The average molecular weight is 183 g/mol. The molecule has 4 heteroatoms. The predicted molar refractivity (Wildman–Crippen MR) is 43.9 cm³/mol. The van der Waals surface area contributed by atoms with Crippen LogP contribution in [-0.4, -0.2) is 11.3 Å². The number of aldehydes is 1. The zero-order chi connectivity index (χ0) is 9.68. The number of hydrogen-bond donors (Lipinski definition) is 0. The maximum Gasteiger partial charge on any atom is 0.222 e. The summed E-state index contributed by atoms with van der Waals surface area (Å²) in [6, 6.07) is 2.32. The van der Waals surface area contributed by atoms with Crippen LogP contribution in [0.5, 0.6) is 0 Å². The molecule has 0 atom stereocenters. The Morgan fingerprint density at radius 3 is 2.77 bits per heavy atom. The van der Waals surface area contributed by atoms with Crippen molar-refractivity contribution in [1.82, 2.24) is 4.98 Å². The van der Waals surface area contributed by atoms with Crippen LogP contribution in [0.4, 0.5) is 8.78 Å². The minimum atomic E-state index is -0.873. The van der Waals surface area contributed by atoms with Gasteiger partial charge < -0.3 is 4.79 Å². The fourth-order valence-electron chi connectivity index (χ4n) is 0.798. The maximum absolute atomic E-state index is 12.8. The first kappa shape index (κ1) is 9.51. The Hall–Kier alpha value is -1.58. The van der Waals surface area contributed by atoms with Gasteiger partial charge in [0.1, 0.15) is 6.29 Å². The van der Waals surface area contributed by atoms with Gasteiger partial charge in [0.2, 0.25) is 11.9 Å². The van der Waals surface area contributed by atoms with E-state index in [2.05, 4.69) is 4.98 Å². The molecule has 1 rings (SSSR count). The zero-order valence-corrected chi connectivity index (χ0v) is 6.71. The molecule has 2 nitrogen and oxygen atoms in total. The van der Waals surface area contributed by atoms with E-state index in [1.807, 2.05) is 0 Å². The second-order valence-corrected chi connectivity index (χ2v) is 2.32. The molecule has 0 amide bonds. The largest absolute Gasteiger partial charge is 0.303 e. The molecule has 68 valence electrons. The fourth-order valence-corrected chi connectivity index (χ4v) is 0.798. The van der Waals surface area contributed by atoms with Gasteiger partial charge in [0.25, 0.3) is 0 Å². The van der Waals surface area contributed by atoms with Crippen LogP contribution in [0.1, 0.15) is 12.0 Å². The summed E-state index contributed by atoms with van der Waals surface area (Å²) in [7, 11) is 0. The molecule has 0 saturated carbocycles. The van der Waals surface area contributed by atoms with Gasteiger partial charge in [-0.05, 0) is 12.1 Å². The number of rotatable bonds is 3. The minimum Gasteiger partial charge on any atom is -0.303 e. The standard InChI is InChI=1S/C9H7F2NO/c10-8-5-4-7(9(11)12-8)3-1-2-6-13/h1,3-6H,2H2. The first-order chi connectivity index (χ1) is 6.24. The van der Waals surface area contributed by atoms with E-state index in [0.29, 0.717) is 6.29 Å². The molecule has 0 aliphatic rings. The van der Waals surface area contributed by atoms with Gasteiger partial charge in [-0.15, -0.1) is 0 Å². The van der Waals surface area contributed by atoms with Crippen molar-refractivity contribution >= 4 is 12.4 Å². The van der Waals surface area contributed by atoms with Crippen molar-refractivity contribution in [2.75, 3.05) is 0 Å². The second kappa shape index (κ2) is 4.45. The lowest BCUT2D eigenvalue weighted by atomic mass is 10.2. The Labute approximate surface area is 73.9 Å². The van der Waals surface area contributed by atoms with E-state index in [1.54, 1.807) is 0 Å². The monoisotopic (exact) mass is 183 g/mol. The van der Waals surface area contributed by atoms with Crippen LogP contribution in [0.3, 0.4) is 0 Å². The summed E-state index contributed by atoms with van der Waals surface area (Å²) in [5.74, 6) is -1.73. The van der Waals surface area contributed by atoms with Gasteiger partial charge >= 0.3 is 0 Å². The minimum absolute atomic E-state index is 0.170. The molecule has 0 spiro atoms. The van der Waals surface area contributed by atoms with E-state index in [4.69, 9.17) is 0 Å². The van der Waals surface area contributed by atoms with Crippen molar-refractivity contribution in [3.05, 3.63) is 35.7 Å².